The molecule has 1 aliphatic heterocycles. The van der Waals surface area contributed by atoms with Crippen molar-refractivity contribution in [2.24, 2.45) is 13.0 Å². The lowest BCUT2D eigenvalue weighted by Gasteiger charge is -2.39. The van der Waals surface area contributed by atoms with Gasteiger partial charge in [0.05, 0.1) is 23.5 Å². The zero-order valence-electron chi connectivity index (χ0n) is 17.9. The number of nitrogens with zero attached hydrogens (tertiary/aromatic N) is 4. The molecular formula is C22H24ClN5O2S. The maximum Gasteiger partial charge on any atom is 0.271 e. The number of pyridine rings is 1. The summed E-state index contributed by atoms with van der Waals surface area (Å²) in [5, 5.41) is 14.9. The number of fused-ring (bicyclic) bond motifs is 1. The van der Waals surface area contributed by atoms with Crippen LogP contribution in [0.25, 0.3) is 10.3 Å². The number of hydrogen-bond donors (Lipinski definition) is 1. The molecule has 0 unspecified atom stereocenters. The van der Waals surface area contributed by atoms with Crippen LogP contribution in [-0.2, 0) is 7.05 Å². The number of benzene rings is 1. The van der Waals surface area contributed by atoms with Crippen molar-refractivity contribution in [2.45, 2.75) is 26.3 Å². The number of anilines is 2. The largest absolute Gasteiger partial charge is 0.495 e. The van der Waals surface area contributed by atoms with Gasteiger partial charge < -0.3 is 19.5 Å². The molecule has 0 saturated carbocycles. The van der Waals surface area contributed by atoms with Gasteiger partial charge in [-0.2, -0.15) is 5.26 Å². The summed E-state index contributed by atoms with van der Waals surface area (Å²) in [7, 11) is 3.33. The maximum atomic E-state index is 12.8. The van der Waals surface area contributed by atoms with Gasteiger partial charge in [0.1, 0.15) is 27.7 Å². The molecule has 0 bridgehead atoms. The van der Waals surface area contributed by atoms with Crippen molar-refractivity contribution in [3.63, 3.8) is 0 Å². The molecule has 162 valence electrons. The average molecular weight is 458 g/mol. The summed E-state index contributed by atoms with van der Waals surface area (Å²) in [6.07, 6.45) is 0.845. The fourth-order valence-electron chi connectivity index (χ4n) is 4.23. The van der Waals surface area contributed by atoms with E-state index in [0.29, 0.717) is 29.5 Å². The number of rotatable bonds is 4. The Morgan fingerprint density at radius 3 is 2.87 bits per heavy atom. The van der Waals surface area contributed by atoms with Crippen molar-refractivity contribution in [3.05, 3.63) is 44.1 Å². The highest BCUT2D eigenvalue weighted by atomic mass is 35.5. The Morgan fingerprint density at radius 1 is 1.42 bits per heavy atom. The smallest absolute Gasteiger partial charge is 0.271 e. The predicted octanol–water partition coefficient (Wildman–Crippen LogP) is 4.16. The van der Waals surface area contributed by atoms with Gasteiger partial charge in [0.2, 0.25) is 0 Å². The number of methoxy groups -OCH3 is 1. The van der Waals surface area contributed by atoms with E-state index in [-0.39, 0.29) is 23.1 Å². The number of thiazole rings is 1. The van der Waals surface area contributed by atoms with Gasteiger partial charge in [-0.15, -0.1) is 11.3 Å². The molecule has 4 rings (SSSR count). The number of hydrogen-bond acceptors (Lipinski definition) is 7. The van der Waals surface area contributed by atoms with E-state index >= 15 is 0 Å². The minimum Gasteiger partial charge on any atom is -0.495 e. The van der Waals surface area contributed by atoms with Gasteiger partial charge in [0.25, 0.3) is 5.56 Å². The van der Waals surface area contributed by atoms with Crippen molar-refractivity contribution in [1.29, 1.82) is 5.26 Å². The third-order valence-corrected chi connectivity index (χ3v) is 7.12. The lowest BCUT2D eigenvalue weighted by atomic mass is 9.92. The Kier molecular flexibility index (Phi) is 5.82. The molecule has 3 aromatic rings. The molecule has 9 heteroatoms. The summed E-state index contributed by atoms with van der Waals surface area (Å²) in [5.41, 5.74) is 2.20. The zero-order valence-corrected chi connectivity index (χ0v) is 19.5. The lowest BCUT2D eigenvalue weighted by molar-refractivity contribution is 0.395. The summed E-state index contributed by atoms with van der Waals surface area (Å²) >= 11 is 7.56. The first-order chi connectivity index (χ1) is 14.8. The monoisotopic (exact) mass is 457 g/mol. The average Bonchev–Trinajstić information content (AvgIpc) is 3.14. The number of nitrogens with one attached hydrogen (secondary N) is 1. The molecule has 1 fully saturated rings. The second-order valence-corrected chi connectivity index (χ2v) is 9.51. The van der Waals surface area contributed by atoms with E-state index in [2.05, 4.69) is 28.2 Å². The van der Waals surface area contributed by atoms with Crippen LogP contribution in [0.15, 0.2) is 23.0 Å². The summed E-state index contributed by atoms with van der Waals surface area (Å²) in [6, 6.07) is 7.92. The quantitative estimate of drug-likeness (QED) is 0.633. The van der Waals surface area contributed by atoms with Gasteiger partial charge in [0.15, 0.2) is 0 Å². The molecule has 0 radical (unpaired) electrons. The second-order valence-electron chi connectivity index (χ2n) is 7.89. The number of piperidine rings is 1. The highest BCUT2D eigenvalue weighted by Gasteiger charge is 2.31. The molecule has 2 aromatic heterocycles. The van der Waals surface area contributed by atoms with E-state index in [9.17, 15) is 10.1 Å². The van der Waals surface area contributed by atoms with E-state index in [1.807, 2.05) is 19.1 Å². The van der Waals surface area contributed by atoms with Crippen molar-refractivity contribution >= 4 is 44.7 Å². The fourth-order valence-corrected chi connectivity index (χ4v) is 5.27. The third kappa shape index (κ3) is 3.84. The SMILES string of the molecule is COc1cc(Cl)ccc1N[C@H]1CCN(c2c(C#N)c(=O)n(C)c3sc(C)nc23)C[C@H]1C. The molecule has 1 N–H and O–H groups in total. The molecular weight excluding hydrogens is 434 g/mol. The Bertz CT molecular complexity index is 1250. The number of aromatic nitrogens is 2. The van der Waals surface area contributed by atoms with Crippen LogP contribution in [0, 0.1) is 24.2 Å². The Hall–Kier alpha value is -2.76. The molecule has 1 aliphatic rings. The van der Waals surface area contributed by atoms with Crippen LogP contribution in [0.4, 0.5) is 11.4 Å². The lowest BCUT2D eigenvalue weighted by Crippen LogP contribution is -2.46. The Morgan fingerprint density at radius 2 is 2.19 bits per heavy atom. The molecule has 31 heavy (non-hydrogen) atoms. The first kappa shape index (κ1) is 21.5. The minimum atomic E-state index is -0.271. The highest BCUT2D eigenvalue weighted by molar-refractivity contribution is 7.18. The summed E-state index contributed by atoms with van der Waals surface area (Å²) in [5.74, 6) is 0.972. The summed E-state index contributed by atoms with van der Waals surface area (Å²) in [6.45, 7) is 5.51. The van der Waals surface area contributed by atoms with Crippen LogP contribution >= 0.6 is 22.9 Å². The van der Waals surface area contributed by atoms with Crippen molar-refractivity contribution in [1.82, 2.24) is 9.55 Å². The van der Waals surface area contributed by atoms with E-state index in [1.165, 1.54) is 15.9 Å². The van der Waals surface area contributed by atoms with E-state index in [4.69, 9.17) is 16.3 Å². The first-order valence-electron chi connectivity index (χ1n) is 10.1. The summed E-state index contributed by atoms with van der Waals surface area (Å²) < 4.78 is 7.00. The van der Waals surface area contributed by atoms with Crippen molar-refractivity contribution in [3.8, 4) is 11.8 Å². The Labute approximate surface area is 189 Å². The molecule has 1 saturated heterocycles. The molecule has 0 amide bonds. The van der Waals surface area contributed by atoms with Gasteiger partial charge in [0, 0.05) is 37.3 Å². The van der Waals surface area contributed by atoms with Gasteiger partial charge in [-0.3, -0.25) is 4.79 Å². The fraction of sp³-hybridized carbons (Fsp3) is 0.409. The molecule has 3 heterocycles. The van der Waals surface area contributed by atoms with Gasteiger partial charge in [-0.05, 0) is 31.4 Å². The van der Waals surface area contributed by atoms with Gasteiger partial charge in [-0.1, -0.05) is 18.5 Å². The van der Waals surface area contributed by atoms with E-state index < -0.39 is 0 Å². The van der Waals surface area contributed by atoms with E-state index in [0.717, 1.165) is 27.5 Å². The molecule has 0 aliphatic carbocycles. The number of ether oxygens (including phenoxy) is 1. The molecule has 1 aromatic carbocycles. The van der Waals surface area contributed by atoms with Crippen LogP contribution < -0.4 is 20.5 Å². The van der Waals surface area contributed by atoms with Crippen molar-refractivity contribution in [2.75, 3.05) is 30.4 Å². The number of halogens is 1. The van der Waals surface area contributed by atoms with Crippen LogP contribution in [0.2, 0.25) is 5.02 Å². The van der Waals surface area contributed by atoms with Crippen LogP contribution in [0.5, 0.6) is 5.75 Å². The topological polar surface area (TPSA) is 83.2 Å². The van der Waals surface area contributed by atoms with E-state index in [1.54, 1.807) is 20.2 Å². The van der Waals surface area contributed by atoms with Crippen molar-refractivity contribution < 1.29 is 4.74 Å². The number of aryl methyl sites for hydroxylation is 2. The van der Waals surface area contributed by atoms with Crippen LogP contribution in [0.3, 0.4) is 0 Å². The zero-order chi connectivity index (χ0) is 22.3. The molecule has 0 spiro atoms. The summed E-state index contributed by atoms with van der Waals surface area (Å²) in [4.78, 5) is 20.4. The van der Waals surface area contributed by atoms with Gasteiger partial charge >= 0.3 is 0 Å². The molecule has 2 atom stereocenters. The maximum absolute atomic E-state index is 12.8. The second kappa shape index (κ2) is 8.40. The van der Waals surface area contributed by atoms with Crippen LogP contribution in [-0.4, -0.2) is 35.8 Å². The number of nitriles is 1. The first-order valence-corrected chi connectivity index (χ1v) is 11.3. The third-order valence-electron chi connectivity index (χ3n) is 5.84. The predicted molar refractivity (Wildman–Crippen MR) is 126 cm³/mol. The molecule has 7 nitrogen and oxygen atoms in total. The Balaban J connectivity index is 1.64. The van der Waals surface area contributed by atoms with Crippen LogP contribution in [0.1, 0.15) is 23.9 Å². The minimum absolute atomic E-state index is 0.165. The van der Waals surface area contributed by atoms with Gasteiger partial charge in [-0.25, -0.2) is 4.98 Å². The standard InChI is InChI=1S/C22H24ClN5O2S/c1-12-11-28(8-7-16(12)26-17-6-5-14(23)9-18(17)30-4)20-15(10-24)21(29)27(3)22-19(20)25-13(2)31-22/h5-6,9,12,16,26H,7-8,11H2,1-4H3/t12-,16+/m1/s1. The highest BCUT2D eigenvalue weighted by Crippen LogP contribution is 2.35. The normalized spacial score (nSPS) is 18.8.